The van der Waals surface area contributed by atoms with Crippen LogP contribution in [-0.4, -0.2) is 25.4 Å². The molecule has 15 heavy (non-hydrogen) atoms. The molecule has 0 spiro atoms. The van der Waals surface area contributed by atoms with Gasteiger partial charge in [0.25, 0.3) is 0 Å². The van der Waals surface area contributed by atoms with Gasteiger partial charge in [-0.15, -0.1) is 0 Å². The molecule has 0 aliphatic heterocycles. The average Bonchev–Trinajstić information content (AvgIpc) is 2.28. The van der Waals surface area contributed by atoms with Crippen LogP contribution < -0.4 is 9.47 Å². The van der Waals surface area contributed by atoms with Gasteiger partial charge in [-0.2, -0.15) is 0 Å². The number of aliphatic hydroxyl groups excluding tert-OH is 1. The SMILES string of the molecule is CCOc1ccc(CCCO)cc1OC. The van der Waals surface area contributed by atoms with E-state index in [0.29, 0.717) is 6.61 Å². The van der Waals surface area contributed by atoms with Crippen molar-refractivity contribution in [1.82, 2.24) is 0 Å². The van der Waals surface area contributed by atoms with Gasteiger partial charge < -0.3 is 14.6 Å². The Morgan fingerprint density at radius 2 is 2.07 bits per heavy atom. The number of ether oxygens (including phenoxy) is 2. The van der Waals surface area contributed by atoms with Crippen molar-refractivity contribution in [3.05, 3.63) is 23.8 Å². The van der Waals surface area contributed by atoms with Gasteiger partial charge in [0.2, 0.25) is 0 Å². The van der Waals surface area contributed by atoms with Crippen LogP contribution in [0.15, 0.2) is 18.2 Å². The van der Waals surface area contributed by atoms with Crippen LogP contribution in [0.25, 0.3) is 0 Å². The van der Waals surface area contributed by atoms with E-state index in [2.05, 4.69) is 0 Å². The molecule has 0 unspecified atom stereocenters. The number of methoxy groups -OCH3 is 1. The fraction of sp³-hybridized carbons (Fsp3) is 0.500. The molecule has 0 bridgehead atoms. The standard InChI is InChI=1S/C12H18O3/c1-3-15-11-7-6-10(5-4-8-13)9-12(11)14-2/h6-7,9,13H,3-5,8H2,1-2H3. The van der Waals surface area contributed by atoms with Gasteiger partial charge in [0.1, 0.15) is 0 Å². The van der Waals surface area contributed by atoms with E-state index in [-0.39, 0.29) is 6.61 Å². The van der Waals surface area contributed by atoms with Crippen LogP contribution in [0, 0.1) is 0 Å². The predicted octanol–water partition coefficient (Wildman–Crippen LogP) is 2.02. The number of benzene rings is 1. The number of hydrogen-bond donors (Lipinski definition) is 1. The van der Waals surface area contributed by atoms with Crippen molar-refractivity contribution in [3.63, 3.8) is 0 Å². The largest absolute Gasteiger partial charge is 0.493 e. The molecule has 0 saturated carbocycles. The number of aliphatic hydroxyl groups is 1. The maximum absolute atomic E-state index is 8.74. The van der Waals surface area contributed by atoms with Gasteiger partial charge in [-0.05, 0) is 37.5 Å². The Hall–Kier alpha value is -1.22. The van der Waals surface area contributed by atoms with Crippen molar-refractivity contribution >= 4 is 0 Å². The third-order valence-electron chi connectivity index (χ3n) is 2.15. The fourth-order valence-electron chi connectivity index (χ4n) is 1.43. The van der Waals surface area contributed by atoms with E-state index >= 15 is 0 Å². The first-order chi connectivity index (χ1) is 7.31. The van der Waals surface area contributed by atoms with Crippen LogP contribution in [0.4, 0.5) is 0 Å². The van der Waals surface area contributed by atoms with Gasteiger partial charge in [-0.3, -0.25) is 0 Å². The second-order valence-corrected chi connectivity index (χ2v) is 3.25. The minimum Gasteiger partial charge on any atom is -0.493 e. The van der Waals surface area contributed by atoms with Gasteiger partial charge in [-0.25, -0.2) is 0 Å². The van der Waals surface area contributed by atoms with E-state index in [1.807, 2.05) is 25.1 Å². The lowest BCUT2D eigenvalue weighted by Crippen LogP contribution is -1.97. The van der Waals surface area contributed by atoms with Gasteiger partial charge in [-0.1, -0.05) is 6.07 Å². The Morgan fingerprint density at radius 1 is 1.27 bits per heavy atom. The molecule has 0 radical (unpaired) electrons. The molecule has 0 saturated heterocycles. The zero-order valence-corrected chi connectivity index (χ0v) is 9.32. The highest BCUT2D eigenvalue weighted by molar-refractivity contribution is 5.42. The Balaban J connectivity index is 2.77. The normalized spacial score (nSPS) is 10.1. The molecular weight excluding hydrogens is 192 g/mol. The lowest BCUT2D eigenvalue weighted by Gasteiger charge is -2.10. The first-order valence-electron chi connectivity index (χ1n) is 5.22. The molecule has 3 heteroatoms. The highest BCUT2D eigenvalue weighted by atomic mass is 16.5. The van der Waals surface area contributed by atoms with Crippen molar-refractivity contribution in [2.45, 2.75) is 19.8 Å². The minimum atomic E-state index is 0.218. The van der Waals surface area contributed by atoms with E-state index in [4.69, 9.17) is 14.6 Å². The predicted molar refractivity (Wildman–Crippen MR) is 59.6 cm³/mol. The van der Waals surface area contributed by atoms with Crippen molar-refractivity contribution in [2.24, 2.45) is 0 Å². The minimum absolute atomic E-state index is 0.218. The topological polar surface area (TPSA) is 38.7 Å². The summed E-state index contributed by atoms with van der Waals surface area (Å²) in [6, 6.07) is 5.87. The molecule has 0 aliphatic carbocycles. The van der Waals surface area contributed by atoms with Crippen LogP contribution in [0.3, 0.4) is 0 Å². The lowest BCUT2D eigenvalue weighted by molar-refractivity contribution is 0.288. The molecule has 1 N–H and O–H groups in total. The number of aryl methyl sites for hydroxylation is 1. The van der Waals surface area contributed by atoms with Gasteiger partial charge in [0.05, 0.1) is 13.7 Å². The summed E-state index contributed by atoms with van der Waals surface area (Å²) in [5.74, 6) is 1.53. The van der Waals surface area contributed by atoms with Crippen LogP contribution in [0.2, 0.25) is 0 Å². The fourth-order valence-corrected chi connectivity index (χ4v) is 1.43. The summed E-state index contributed by atoms with van der Waals surface area (Å²) in [6.07, 6.45) is 1.64. The summed E-state index contributed by atoms with van der Waals surface area (Å²) in [6.45, 7) is 2.79. The maximum atomic E-state index is 8.74. The van der Waals surface area contributed by atoms with E-state index in [0.717, 1.165) is 29.9 Å². The Morgan fingerprint density at radius 3 is 2.67 bits per heavy atom. The van der Waals surface area contributed by atoms with Crippen LogP contribution in [0.1, 0.15) is 18.9 Å². The lowest BCUT2D eigenvalue weighted by atomic mass is 10.1. The second-order valence-electron chi connectivity index (χ2n) is 3.25. The third-order valence-corrected chi connectivity index (χ3v) is 2.15. The van der Waals surface area contributed by atoms with E-state index in [9.17, 15) is 0 Å². The molecule has 84 valence electrons. The molecule has 0 amide bonds. The number of rotatable bonds is 6. The monoisotopic (exact) mass is 210 g/mol. The van der Waals surface area contributed by atoms with Crippen LogP contribution in [0.5, 0.6) is 11.5 Å². The molecule has 0 fully saturated rings. The molecule has 1 rings (SSSR count). The Labute approximate surface area is 90.6 Å². The van der Waals surface area contributed by atoms with Crippen molar-refractivity contribution in [2.75, 3.05) is 20.3 Å². The van der Waals surface area contributed by atoms with E-state index in [1.165, 1.54) is 0 Å². The van der Waals surface area contributed by atoms with E-state index < -0.39 is 0 Å². The molecule has 1 aromatic carbocycles. The van der Waals surface area contributed by atoms with Gasteiger partial charge >= 0.3 is 0 Å². The summed E-state index contributed by atoms with van der Waals surface area (Å²) >= 11 is 0. The first kappa shape index (κ1) is 11.9. The van der Waals surface area contributed by atoms with Gasteiger partial charge in [0.15, 0.2) is 11.5 Å². The van der Waals surface area contributed by atoms with Crippen molar-refractivity contribution in [1.29, 1.82) is 0 Å². The molecule has 0 heterocycles. The third kappa shape index (κ3) is 3.44. The smallest absolute Gasteiger partial charge is 0.161 e. The van der Waals surface area contributed by atoms with E-state index in [1.54, 1.807) is 7.11 Å². The average molecular weight is 210 g/mol. The molecule has 3 nitrogen and oxygen atoms in total. The molecule has 0 aromatic heterocycles. The maximum Gasteiger partial charge on any atom is 0.161 e. The van der Waals surface area contributed by atoms with Crippen molar-refractivity contribution in [3.8, 4) is 11.5 Å². The molecule has 0 aliphatic rings. The second kappa shape index (κ2) is 6.30. The summed E-state index contributed by atoms with van der Waals surface area (Å²) < 4.78 is 10.6. The Kier molecular flexibility index (Phi) is 4.98. The highest BCUT2D eigenvalue weighted by Crippen LogP contribution is 2.28. The summed E-state index contributed by atoms with van der Waals surface area (Å²) in [5.41, 5.74) is 1.16. The quantitative estimate of drug-likeness (QED) is 0.780. The molecular formula is C12H18O3. The molecule has 1 aromatic rings. The summed E-state index contributed by atoms with van der Waals surface area (Å²) in [5, 5.41) is 8.74. The Bertz CT molecular complexity index is 297. The van der Waals surface area contributed by atoms with Gasteiger partial charge in [0, 0.05) is 6.61 Å². The van der Waals surface area contributed by atoms with Crippen molar-refractivity contribution < 1.29 is 14.6 Å². The summed E-state index contributed by atoms with van der Waals surface area (Å²) in [7, 11) is 1.63. The van der Waals surface area contributed by atoms with Crippen LogP contribution >= 0.6 is 0 Å². The zero-order chi connectivity index (χ0) is 11.1. The first-order valence-corrected chi connectivity index (χ1v) is 5.22. The highest BCUT2D eigenvalue weighted by Gasteiger charge is 2.04. The molecule has 0 atom stereocenters. The number of hydrogen-bond acceptors (Lipinski definition) is 3. The summed E-state index contributed by atoms with van der Waals surface area (Å²) in [4.78, 5) is 0. The van der Waals surface area contributed by atoms with Crippen LogP contribution in [-0.2, 0) is 6.42 Å². The zero-order valence-electron chi connectivity index (χ0n) is 9.32.